The minimum absolute atomic E-state index is 0.254. The van der Waals surface area contributed by atoms with Crippen molar-refractivity contribution < 1.29 is 4.39 Å². The predicted molar refractivity (Wildman–Crippen MR) is 89.1 cm³/mol. The summed E-state index contributed by atoms with van der Waals surface area (Å²) in [5.41, 5.74) is 8.40. The number of thiocarbonyl (C=S) groups is 1. The third-order valence-corrected chi connectivity index (χ3v) is 3.68. The Kier molecular flexibility index (Phi) is 4.73. The molecular formula is C15H14BrFN2S. The van der Waals surface area contributed by atoms with E-state index in [0.717, 1.165) is 28.0 Å². The fourth-order valence-corrected chi connectivity index (χ4v) is 2.58. The van der Waals surface area contributed by atoms with E-state index in [-0.39, 0.29) is 5.82 Å². The van der Waals surface area contributed by atoms with Gasteiger partial charge >= 0.3 is 0 Å². The lowest BCUT2D eigenvalue weighted by Gasteiger charge is -2.25. The van der Waals surface area contributed by atoms with Crippen molar-refractivity contribution in [2.45, 2.75) is 6.92 Å². The van der Waals surface area contributed by atoms with Gasteiger partial charge < -0.3 is 10.6 Å². The van der Waals surface area contributed by atoms with Crippen molar-refractivity contribution in [3.63, 3.8) is 0 Å². The van der Waals surface area contributed by atoms with E-state index in [1.165, 1.54) is 12.1 Å². The molecule has 0 heterocycles. The summed E-state index contributed by atoms with van der Waals surface area (Å²) in [6.07, 6.45) is 0. The van der Waals surface area contributed by atoms with Crippen LogP contribution < -0.4 is 10.6 Å². The molecule has 2 rings (SSSR count). The van der Waals surface area contributed by atoms with Crippen LogP contribution in [0, 0.1) is 5.82 Å². The van der Waals surface area contributed by atoms with Gasteiger partial charge in [0, 0.05) is 22.3 Å². The van der Waals surface area contributed by atoms with Crippen LogP contribution in [0.15, 0.2) is 46.9 Å². The van der Waals surface area contributed by atoms with Crippen LogP contribution in [0.25, 0.3) is 0 Å². The number of nitrogens with two attached hydrogens (primary N) is 1. The summed E-state index contributed by atoms with van der Waals surface area (Å²) < 4.78 is 14.0. The third-order valence-electron chi connectivity index (χ3n) is 2.97. The van der Waals surface area contributed by atoms with Gasteiger partial charge in [-0.1, -0.05) is 28.1 Å². The molecule has 5 heteroatoms. The summed E-state index contributed by atoms with van der Waals surface area (Å²) in [6, 6.07) is 12.1. The van der Waals surface area contributed by atoms with Gasteiger partial charge in [0.05, 0.1) is 5.69 Å². The Hall–Kier alpha value is -1.46. The molecule has 104 valence electrons. The minimum atomic E-state index is -0.254. The molecule has 0 unspecified atom stereocenters. The molecule has 0 saturated carbocycles. The van der Waals surface area contributed by atoms with E-state index in [1.807, 2.05) is 30.0 Å². The Balaban J connectivity index is 2.51. The maximum atomic E-state index is 13.1. The number of anilines is 2. The molecular weight excluding hydrogens is 339 g/mol. The molecule has 0 amide bonds. The monoisotopic (exact) mass is 352 g/mol. The number of nitrogens with zero attached hydrogens (tertiary/aromatic N) is 1. The number of halogens is 2. The highest BCUT2D eigenvalue weighted by molar-refractivity contribution is 9.10. The van der Waals surface area contributed by atoms with E-state index < -0.39 is 0 Å². The zero-order chi connectivity index (χ0) is 14.7. The van der Waals surface area contributed by atoms with Gasteiger partial charge in [-0.05, 0) is 49.4 Å². The highest BCUT2D eigenvalue weighted by Gasteiger charge is 2.14. The van der Waals surface area contributed by atoms with Crippen molar-refractivity contribution in [1.29, 1.82) is 0 Å². The van der Waals surface area contributed by atoms with E-state index in [0.29, 0.717) is 4.99 Å². The Morgan fingerprint density at radius 3 is 2.45 bits per heavy atom. The van der Waals surface area contributed by atoms with Crippen molar-refractivity contribution in [2.24, 2.45) is 5.73 Å². The molecule has 0 fully saturated rings. The lowest BCUT2D eigenvalue weighted by molar-refractivity contribution is 0.628. The largest absolute Gasteiger partial charge is 0.389 e. The number of hydrogen-bond acceptors (Lipinski definition) is 2. The van der Waals surface area contributed by atoms with E-state index >= 15 is 0 Å². The average molecular weight is 353 g/mol. The fraction of sp³-hybridized carbons (Fsp3) is 0.133. The Bertz CT molecular complexity index is 628. The maximum Gasteiger partial charge on any atom is 0.123 e. The van der Waals surface area contributed by atoms with Gasteiger partial charge in [-0.3, -0.25) is 0 Å². The smallest absolute Gasteiger partial charge is 0.123 e. The van der Waals surface area contributed by atoms with Crippen LogP contribution >= 0.6 is 28.1 Å². The summed E-state index contributed by atoms with van der Waals surface area (Å²) in [5.74, 6) is -0.254. The van der Waals surface area contributed by atoms with Crippen LogP contribution in [-0.2, 0) is 0 Å². The molecule has 0 aliphatic carbocycles. The normalized spacial score (nSPS) is 10.3. The van der Waals surface area contributed by atoms with Gasteiger partial charge in [0.15, 0.2) is 0 Å². The third kappa shape index (κ3) is 3.16. The fourth-order valence-electron chi connectivity index (χ4n) is 2.05. The van der Waals surface area contributed by atoms with Gasteiger partial charge in [-0.2, -0.15) is 0 Å². The van der Waals surface area contributed by atoms with E-state index in [9.17, 15) is 4.39 Å². The highest BCUT2D eigenvalue weighted by Crippen LogP contribution is 2.30. The molecule has 0 aliphatic rings. The number of hydrogen-bond donors (Lipinski definition) is 1. The topological polar surface area (TPSA) is 29.3 Å². The van der Waals surface area contributed by atoms with Gasteiger partial charge in [0.25, 0.3) is 0 Å². The average Bonchev–Trinajstić information content (AvgIpc) is 2.43. The Morgan fingerprint density at radius 2 is 1.90 bits per heavy atom. The summed E-state index contributed by atoms with van der Waals surface area (Å²) in [4.78, 5) is 2.38. The van der Waals surface area contributed by atoms with Gasteiger partial charge in [-0.25, -0.2) is 4.39 Å². The van der Waals surface area contributed by atoms with Crippen LogP contribution in [0.2, 0.25) is 0 Å². The molecule has 0 radical (unpaired) electrons. The van der Waals surface area contributed by atoms with Crippen LogP contribution in [0.4, 0.5) is 15.8 Å². The first kappa shape index (κ1) is 14.9. The van der Waals surface area contributed by atoms with E-state index in [1.54, 1.807) is 12.1 Å². The van der Waals surface area contributed by atoms with Gasteiger partial charge in [0.2, 0.25) is 0 Å². The lowest BCUT2D eigenvalue weighted by Crippen LogP contribution is -2.21. The molecule has 20 heavy (non-hydrogen) atoms. The van der Waals surface area contributed by atoms with Crippen LogP contribution in [0.1, 0.15) is 12.5 Å². The first-order chi connectivity index (χ1) is 9.52. The molecule has 2 aromatic rings. The molecule has 0 aliphatic heterocycles. The summed E-state index contributed by atoms with van der Waals surface area (Å²) in [5, 5.41) is 0. The zero-order valence-corrected chi connectivity index (χ0v) is 13.3. The summed E-state index contributed by atoms with van der Waals surface area (Å²) in [7, 11) is 0. The maximum absolute atomic E-state index is 13.1. The molecule has 2 nitrogen and oxygen atoms in total. The summed E-state index contributed by atoms with van der Waals surface area (Å²) in [6.45, 7) is 2.75. The van der Waals surface area contributed by atoms with Crippen molar-refractivity contribution >= 4 is 44.5 Å². The Morgan fingerprint density at radius 1 is 1.25 bits per heavy atom. The van der Waals surface area contributed by atoms with Gasteiger partial charge in [0.1, 0.15) is 10.8 Å². The molecule has 0 bridgehead atoms. The van der Waals surface area contributed by atoms with Crippen molar-refractivity contribution in [3.8, 4) is 0 Å². The molecule has 0 atom stereocenters. The zero-order valence-electron chi connectivity index (χ0n) is 10.9. The minimum Gasteiger partial charge on any atom is -0.389 e. The molecule has 0 saturated heterocycles. The van der Waals surface area contributed by atoms with Crippen LogP contribution in [-0.4, -0.2) is 11.5 Å². The van der Waals surface area contributed by atoms with Gasteiger partial charge in [-0.15, -0.1) is 0 Å². The SMILES string of the molecule is CCN(c1ccc(F)cc1)c1ccc(Br)cc1C(N)=S. The number of rotatable bonds is 4. The molecule has 2 N–H and O–H groups in total. The van der Waals surface area contributed by atoms with Crippen molar-refractivity contribution in [1.82, 2.24) is 0 Å². The first-order valence-corrected chi connectivity index (χ1v) is 7.35. The molecule has 2 aromatic carbocycles. The second-order valence-electron chi connectivity index (χ2n) is 4.25. The van der Waals surface area contributed by atoms with E-state index in [2.05, 4.69) is 15.9 Å². The Labute approximate surface area is 131 Å². The molecule has 0 spiro atoms. The van der Waals surface area contributed by atoms with Crippen LogP contribution in [0.3, 0.4) is 0 Å². The first-order valence-electron chi connectivity index (χ1n) is 6.15. The molecule has 0 aromatic heterocycles. The van der Waals surface area contributed by atoms with Crippen molar-refractivity contribution in [2.75, 3.05) is 11.4 Å². The predicted octanol–water partition coefficient (Wildman–Crippen LogP) is 4.38. The number of benzene rings is 2. The van der Waals surface area contributed by atoms with Crippen LogP contribution in [0.5, 0.6) is 0 Å². The van der Waals surface area contributed by atoms with E-state index in [4.69, 9.17) is 18.0 Å². The van der Waals surface area contributed by atoms with Crippen molar-refractivity contribution in [3.05, 3.63) is 58.3 Å². The highest BCUT2D eigenvalue weighted by atomic mass is 79.9. The summed E-state index contributed by atoms with van der Waals surface area (Å²) >= 11 is 8.54. The lowest BCUT2D eigenvalue weighted by atomic mass is 10.1. The quantitative estimate of drug-likeness (QED) is 0.827. The second-order valence-corrected chi connectivity index (χ2v) is 5.60. The second kappa shape index (κ2) is 6.33. The standard InChI is InChI=1S/C15H14BrFN2S/c1-2-19(12-6-4-11(17)5-7-12)14-8-3-10(16)9-13(14)15(18)20/h3-9H,2H2,1H3,(H2,18,20).